The van der Waals surface area contributed by atoms with Crippen LogP contribution in [0.1, 0.15) is 141 Å². The summed E-state index contributed by atoms with van der Waals surface area (Å²) in [6, 6.07) is 30.9. The number of nitrogens with zero attached hydrogens (tertiary/aromatic N) is 2. The molecule has 2 heterocycles. The normalized spacial score (nSPS) is 15.1. The molecule has 6 rings (SSSR count). The molecule has 12 heteroatoms. The summed E-state index contributed by atoms with van der Waals surface area (Å²) in [6.07, 6.45) is 9.63. The van der Waals surface area contributed by atoms with E-state index < -0.39 is 23.1 Å². The summed E-state index contributed by atoms with van der Waals surface area (Å²) in [5, 5.41) is 25.0. The summed E-state index contributed by atoms with van der Waals surface area (Å²) in [4.78, 5) is 53.5. The maximum absolute atomic E-state index is 13.0. The lowest BCUT2D eigenvalue weighted by Gasteiger charge is -2.33. The first-order chi connectivity index (χ1) is 32.3. The third-order valence-corrected chi connectivity index (χ3v) is 12.5. The van der Waals surface area contributed by atoms with E-state index in [0.29, 0.717) is 23.3 Å². The number of rotatable bonds is 20. The number of aliphatic carboxylic acids is 2. The van der Waals surface area contributed by atoms with Crippen molar-refractivity contribution in [1.29, 1.82) is 0 Å². The standard InChI is InChI=1S/2C28H38N2O4/c2*1-20(2)18-24(23-10-6-7-11-25(23)30-16-8-5-9-17-30)29-26(31)19-21-12-14-22(15-13-21)34-28(3,4)27(32)33/h2*6-7,10-15,20,24H,5,8-9,16-19H2,1-4H3,(H,29,31)(H,32,33)/t2*24-/m10/s1. The second kappa shape index (κ2) is 24.8. The maximum atomic E-state index is 13.0. The molecule has 4 aromatic rings. The first kappa shape index (κ1) is 52.9. The zero-order valence-electron chi connectivity index (χ0n) is 41.7. The lowest BCUT2D eigenvalue weighted by Crippen LogP contribution is -2.37. The van der Waals surface area contributed by atoms with Crippen LogP contribution in [0.5, 0.6) is 11.5 Å². The molecule has 0 aliphatic carbocycles. The SMILES string of the molecule is CC(C)C[C@@H](NC(=O)Cc1ccc(OC(C)(C)C(=O)O)cc1)c1ccccc1N1CCCCC1.CC(C)C[C@H](NC(=O)Cc1ccc(OC(C)(C)C(=O)O)cc1)c1ccccc1N1CCCCC1. The number of hydrogen-bond acceptors (Lipinski definition) is 8. The van der Waals surface area contributed by atoms with Gasteiger partial charge in [0.1, 0.15) is 11.5 Å². The number of carboxylic acid groups (broad SMARTS) is 2. The highest BCUT2D eigenvalue weighted by Gasteiger charge is 2.31. The summed E-state index contributed by atoms with van der Waals surface area (Å²) in [6.45, 7) is 19.0. The van der Waals surface area contributed by atoms with Crippen molar-refractivity contribution in [1.82, 2.24) is 10.6 Å². The van der Waals surface area contributed by atoms with Gasteiger partial charge in [-0.3, -0.25) is 9.59 Å². The van der Waals surface area contributed by atoms with Crippen LogP contribution in [0.3, 0.4) is 0 Å². The highest BCUT2D eigenvalue weighted by molar-refractivity contribution is 5.80. The third-order valence-electron chi connectivity index (χ3n) is 12.5. The van der Waals surface area contributed by atoms with E-state index in [1.165, 1.54) is 88.7 Å². The molecule has 0 unspecified atom stereocenters. The van der Waals surface area contributed by atoms with Gasteiger partial charge in [-0.1, -0.05) is 88.4 Å². The Labute approximate surface area is 404 Å². The zero-order chi connectivity index (χ0) is 49.4. The van der Waals surface area contributed by atoms with Crippen LogP contribution >= 0.6 is 0 Å². The van der Waals surface area contributed by atoms with Gasteiger partial charge in [0.2, 0.25) is 11.8 Å². The van der Waals surface area contributed by atoms with Crippen LogP contribution in [0.25, 0.3) is 0 Å². The molecule has 2 aliphatic heterocycles. The smallest absolute Gasteiger partial charge is 0.347 e. The zero-order valence-corrected chi connectivity index (χ0v) is 41.7. The number of piperidine rings is 2. The lowest BCUT2D eigenvalue weighted by atomic mass is 9.94. The molecule has 368 valence electrons. The van der Waals surface area contributed by atoms with Gasteiger partial charge >= 0.3 is 11.9 Å². The van der Waals surface area contributed by atoms with Crippen LogP contribution < -0.4 is 29.9 Å². The molecule has 2 saturated heterocycles. The first-order valence-corrected chi connectivity index (χ1v) is 24.6. The Balaban J connectivity index is 0.000000254. The molecule has 2 amide bonds. The van der Waals surface area contributed by atoms with Crippen molar-refractivity contribution < 1.29 is 38.9 Å². The fourth-order valence-corrected chi connectivity index (χ4v) is 8.77. The van der Waals surface area contributed by atoms with Crippen molar-refractivity contribution in [3.63, 3.8) is 0 Å². The van der Waals surface area contributed by atoms with E-state index in [0.717, 1.165) is 50.1 Å². The van der Waals surface area contributed by atoms with Gasteiger partial charge in [-0.25, -0.2) is 9.59 Å². The molecule has 4 aromatic carbocycles. The van der Waals surface area contributed by atoms with Gasteiger partial charge < -0.3 is 40.1 Å². The summed E-state index contributed by atoms with van der Waals surface area (Å²) >= 11 is 0. The van der Waals surface area contributed by atoms with Crippen molar-refractivity contribution in [3.05, 3.63) is 119 Å². The Hall–Kier alpha value is -6.04. The monoisotopic (exact) mass is 933 g/mol. The molecular formula is C56H76N4O8. The predicted molar refractivity (Wildman–Crippen MR) is 271 cm³/mol. The summed E-state index contributed by atoms with van der Waals surface area (Å²) in [7, 11) is 0. The van der Waals surface area contributed by atoms with Crippen LogP contribution in [-0.2, 0) is 32.0 Å². The number of para-hydroxylation sites is 2. The number of anilines is 2. The van der Waals surface area contributed by atoms with Crippen molar-refractivity contribution in [2.24, 2.45) is 11.8 Å². The third kappa shape index (κ3) is 16.0. The molecule has 2 atom stereocenters. The Morgan fingerprint density at radius 3 is 1.15 bits per heavy atom. The second-order valence-electron chi connectivity index (χ2n) is 20.2. The van der Waals surface area contributed by atoms with E-state index >= 15 is 0 Å². The maximum Gasteiger partial charge on any atom is 0.347 e. The molecule has 0 bridgehead atoms. The molecule has 4 N–H and O–H groups in total. The lowest BCUT2D eigenvalue weighted by molar-refractivity contribution is -0.152. The Morgan fingerprint density at radius 1 is 0.515 bits per heavy atom. The van der Waals surface area contributed by atoms with Crippen molar-refractivity contribution >= 4 is 35.1 Å². The highest BCUT2D eigenvalue weighted by atomic mass is 16.5. The minimum absolute atomic E-state index is 0.0290. The van der Waals surface area contributed by atoms with Gasteiger partial charge in [0.15, 0.2) is 11.2 Å². The van der Waals surface area contributed by atoms with E-state index in [2.05, 4.69) is 96.7 Å². The van der Waals surface area contributed by atoms with Gasteiger partial charge in [-0.05, 0) is 150 Å². The van der Waals surface area contributed by atoms with Crippen molar-refractivity contribution in [2.75, 3.05) is 36.0 Å². The molecule has 2 fully saturated rings. The number of amides is 2. The van der Waals surface area contributed by atoms with Gasteiger partial charge in [-0.2, -0.15) is 0 Å². The van der Waals surface area contributed by atoms with Gasteiger partial charge in [0.25, 0.3) is 0 Å². The van der Waals surface area contributed by atoms with Crippen LogP contribution in [0.2, 0.25) is 0 Å². The Kier molecular flexibility index (Phi) is 19.3. The average molecular weight is 933 g/mol. The second-order valence-corrected chi connectivity index (χ2v) is 20.2. The van der Waals surface area contributed by atoms with E-state index in [1.54, 1.807) is 24.3 Å². The Morgan fingerprint density at radius 2 is 0.838 bits per heavy atom. The van der Waals surface area contributed by atoms with E-state index in [9.17, 15) is 29.4 Å². The molecule has 0 aromatic heterocycles. The summed E-state index contributed by atoms with van der Waals surface area (Å²) in [5.74, 6) is -0.317. The van der Waals surface area contributed by atoms with Crippen LogP contribution in [0.4, 0.5) is 11.4 Å². The number of benzene rings is 4. The molecule has 12 nitrogen and oxygen atoms in total. The quantitative estimate of drug-likeness (QED) is 0.0672. The van der Waals surface area contributed by atoms with Crippen molar-refractivity contribution in [3.8, 4) is 11.5 Å². The molecule has 68 heavy (non-hydrogen) atoms. The number of hydrogen-bond donors (Lipinski definition) is 4. The minimum Gasteiger partial charge on any atom is -0.478 e. The first-order valence-electron chi connectivity index (χ1n) is 24.6. The van der Waals surface area contributed by atoms with Gasteiger partial charge in [-0.15, -0.1) is 0 Å². The molecule has 2 aliphatic rings. The van der Waals surface area contributed by atoms with Gasteiger partial charge in [0, 0.05) is 37.6 Å². The number of carbonyl (C=O) groups excluding carboxylic acids is 2. The summed E-state index contributed by atoms with van der Waals surface area (Å²) in [5.41, 5.74) is 3.91. The largest absolute Gasteiger partial charge is 0.478 e. The fourth-order valence-electron chi connectivity index (χ4n) is 8.77. The molecule has 0 saturated carbocycles. The topological polar surface area (TPSA) is 158 Å². The van der Waals surface area contributed by atoms with E-state index in [1.807, 2.05) is 24.3 Å². The molecular weight excluding hydrogens is 857 g/mol. The molecule has 0 radical (unpaired) electrons. The molecule has 0 spiro atoms. The van der Waals surface area contributed by atoms with Crippen LogP contribution in [-0.4, -0.2) is 71.3 Å². The van der Waals surface area contributed by atoms with E-state index in [4.69, 9.17) is 9.47 Å². The van der Waals surface area contributed by atoms with Crippen LogP contribution in [0.15, 0.2) is 97.1 Å². The minimum atomic E-state index is -1.31. The van der Waals surface area contributed by atoms with Crippen molar-refractivity contribution in [2.45, 2.75) is 143 Å². The fraction of sp³-hybridized carbons (Fsp3) is 0.500. The highest BCUT2D eigenvalue weighted by Crippen LogP contribution is 2.34. The number of nitrogens with one attached hydrogen (secondary N) is 2. The number of carbonyl (C=O) groups is 4. The summed E-state index contributed by atoms with van der Waals surface area (Å²) < 4.78 is 11.1. The van der Waals surface area contributed by atoms with E-state index in [-0.39, 0.29) is 36.7 Å². The Bertz CT molecular complexity index is 2080. The predicted octanol–water partition coefficient (Wildman–Crippen LogP) is 10.7. The van der Waals surface area contributed by atoms with Crippen LogP contribution in [0, 0.1) is 11.8 Å². The average Bonchev–Trinajstić information content (AvgIpc) is 3.30. The van der Waals surface area contributed by atoms with Gasteiger partial charge in [0.05, 0.1) is 24.9 Å². The number of carboxylic acids is 2. The number of ether oxygens (including phenoxy) is 2.